The van der Waals surface area contributed by atoms with Gasteiger partial charge >= 0.3 is 0 Å². The van der Waals surface area contributed by atoms with Gasteiger partial charge in [0.15, 0.2) is 0 Å². The average Bonchev–Trinajstić information content (AvgIpc) is 2.66. The Morgan fingerprint density at radius 1 is 1.57 bits per heavy atom. The number of amides is 1. The van der Waals surface area contributed by atoms with Crippen molar-refractivity contribution < 1.29 is 4.79 Å². The Hall–Kier alpha value is -0.570. The van der Waals surface area contributed by atoms with Crippen LogP contribution in [0.1, 0.15) is 39.0 Å². The number of nitrogens with one attached hydrogen (secondary N) is 1. The summed E-state index contributed by atoms with van der Waals surface area (Å²) in [4.78, 5) is 13.6. The molecule has 0 bridgehead atoms. The van der Waals surface area contributed by atoms with Crippen molar-refractivity contribution in [3.05, 3.63) is 0 Å². The van der Waals surface area contributed by atoms with E-state index in [2.05, 4.69) is 12.2 Å². The standard InChI is InChI=1S/C11H22N2O/c1-3-4-8-13(2)11(14)9-10-6-5-7-12-10/h10,12H,3-9H2,1-2H3. The lowest BCUT2D eigenvalue weighted by Gasteiger charge is -2.19. The van der Waals surface area contributed by atoms with Crippen molar-refractivity contribution in [2.24, 2.45) is 0 Å². The molecule has 1 rings (SSSR count). The van der Waals surface area contributed by atoms with Gasteiger partial charge in [0.05, 0.1) is 0 Å². The zero-order valence-corrected chi connectivity index (χ0v) is 9.38. The van der Waals surface area contributed by atoms with E-state index in [1.807, 2.05) is 11.9 Å². The molecular weight excluding hydrogens is 176 g/mol. The number of hydrogen-bond acceptors (Lipinski definition) is 2. The summed E-state index contributed by atoms with van der Waals surface area (Å²) in [5, 5.41) is 3.35. The van der Waals surface area contributed by atoms with Crippen LogP contribution in [0.3, 0.4) is 0 Å². The minimum atomic E-state index is 0.290. The molecule has 1 heterocycles. The van der Waals surface area contributed by atoms with E-state index in [-0.39, 0.29) is 5.91 Å². The predicted octanol–water partition coefficient (Wildman–Crippen LogP) is 1.39. The van der Waals surface area contributed by atoms with Gasteiger partial charge in [0, 0.05) is 26.1 Å². The van der Waals surface area contributed by atoms with Crippen LogP contribution in [-0.2, 0) is 4.79 Å². The van der Waals surface area contributed by atoms with Crippen molar-refractivity contribution >= 4 is 5.91 Å². The average molecular weight is 198 g/mol. The molecule has 1 fully saturated rings. The van der Waals surface area contributed by atoms with Gasteiger partial charge < -0.3 is 10.2 Å². The van der Waals surface area contributed by atoms with Gasteiger partial charge in [-0.05, 0) is 25.8 Å². The number of hydrogen-bond donors (Lipinski definition) is 1. The van der Waals surface area contributed by atoms with Crippen LogP contribution in [0.25, 0.3) is 0 Å². The Bertz CT molecular complexity index is 176. The maximum atomic E-state index is 11.7. The van der Waals surface area contributed by atoms with E-state index < -0.39 is 0 Å². The summed E-state index contributed by atoms with van der Waals surface area (Å²) < 4.78 is 0. The Morgan fingerprint density at radius 2 is 2.36 bits per heavy atom. The van der Waals surface area contributed by atoms with Crippen LogP contribution in [0.15, 0.2) is 0 Å². The number of nitrogens with zero attached hydrogens (tertiary/aromatic N) is 1. The van der Waals surface area contributed by atoms with Crippen LogP contribution in [0.2, 0.25) is 0 Å². The van der Waals surface area contributed by atoms with E-state index in [1.165, 1.54) is 6.42 Å². The van der Waals surface area contributed by atoms with Crippen LogP contribution in [0.5, 0.6) is 0 Å². The first kappa shape index (κ1) is 11.5. The molecule has 3 nitrogen and oxygen atoms in total. The molecule has 82 valence electrons. The zero-order valence-electron chi connectivity index (χ0n) is 9.38. The second kappa shape index (κ2) is 6.02. The van der Waals surface area contributed by atoms with Gasteiger partial charge in [-0.1, -0.05) is 13.3 Å². The van der Waals surface area contributed by atoms with Crippen LogP contribution in [0, 0.1) is 0 Å². The number of rotatable bonds is 5. The third-order valence-corrected chi connectivity index (χ3v) is 2.86. The number of carbonyl (C=O) groups is 1. The Morgan fingerprint density at radius 3 is 2.93 bits per heavy atom. The van der Waals surface area contributed by atoms with E-state index in [9.17, 15) is 4.79 Å². The lowest BCUT2D eigenvalue weighted by Crippen LogP contribution is -2.33. The van der Waals surface area contributed by atoms with Gasteiger partial charge in [-0.2, -0.15) is 0 Å². The molecule has 1 aliphatic rings. The highest BCUT2D eigenvalue weighted by atomic mass is 16.2. The quantitative estimate of drug-likeness (QED) is 0.724. The lowest BCUT2D eigenvalue weighted by molar-refractivity contribution is -0.130. The molecule has 0 saturated carbocycles. The summed E-state index contributed by atoms with van der Waals surface area (Å²) in [6, 6.07) is 0.437. The molecule has 1 saturated heterocycles. The fourth-order valence-corrected chi connectivity index (χ4v) is 1.82. The summed E-state index contributed by atoms with van der Waals surface area (Å²) in [6.45, 7) is 4.13. The van der Waals surface area contributed by atoms with Crippen LogP contribution >= 0.6 is 0 Å². The maximum Gasteiger partial charge on any atom is 0.223 e. The first-order chi connectivity index (χ1) is 6.74. The van der Waals surface area contributed by atoms with E-state index in [4.69, 9.17) is 0 Å². The second-order valence-corrected chi connectivity index (χ2v) is 4.17. The second-order valence-electron chi connectivity index (χ2n) is 4.17. The minimum absolute atomic E-state index is 0.290. The van der Waals surface area contributed by atoms with E-state index >= 15 is 0 Å². The SMILES string of the molecule is CCCCN(C)C(=O)CC1CCCN1. The summed E-state index contributed by atoms with van der Waals surface area (Å²) in [6.07, 6.45) is 5.32. The Labute approximate surface area is 86.9 Å². The van der Waals surface area contributed by atoms with E-state index in [1.54, 1.807) is 0 Å². The van der Waals surface area contributed by atoms with Gasteiger partial charge in [-0.15, -0.1) is 0 Å². The predicted molar refractivity (Wildman–Crippen MR) is 58.2 cm³/mol. The molecule has 0 aromatic heterocycles. The largest absolute Gasteiger partial charge is 0.346 e. The monoisotopic (exact) mass is 198 g/mol. The van der Waals surface area contributed by atoms with Crippen LogP contribution < -0.4 is 5.32 Å². The highest BCUT2D eigenvalue weighted by molar-refractivity contribution is 5.76. The van der Waals surface area contributed by atoms with Crippen molar-refractivity contribution in [3.8, 4) is 0 Å². The van der Waals surface area contributed by atoms with Gasteiger partial charge in [-0.3, -0.25) is 4.79 Å². The molecule has 1 N–H and O–H groups in total. The van der Waals surface area contributed by atoms with Crippen molar-refractivity contribution in [1.29, 1.82) is 0 Å². The normalized spacial score (nSPS) is 21.1. The number of carbonyl (C=O) groups excluding carboxylic acids is 1. The molecule has 3 heteroatoms. The Kier molecular flexibility index (Phi) is 4.94. The summed E-state index contributed by atoms with van der Waals surface area (Å²) in [5.74, 6) is 0.290. The molecule has 1 unspecified atom stereocenters. The van der Waals surface area contributed by atoms with Crippen molar-refractivity contribution in [3.63, 3.8) is 0 Å². The van der Waals surface area contributed by atoms with Gasteiger partial charge in [0.2, 0.25) is 5.91 Å². The van der Waals surface area contributed by atoms with Crippen molar-refractivity contribution in [2.45, 2.75) is 45.1 Å². The van der Waals surface area contributed by atoms with Crippen LogP contribution in [0.4, 0.5) is 0 Å². The summed E-state index contributed by atoms with van der Waals surface area (Å²) in [5.41, 5.74) is 0. The molecule has 0 spiro atoms. The van der Waals surface area contributed by atoms with Crippen LogP contribution in [-0.4, -0.2) is 37.0 Å². The lowest BCUT2D eigenvalue weighted by atomic mass is 10.1. The number of unbranched alkanes of at least 4 members (excludes halogenated alkanes) is 1. The molecule has 1 amide bonds. The van der Waals surface area contributed by atoms with E-state index in [0.29, 0.717) is 12.5 Å². The summed E-state index contributed by atoms with van der Waals surface area (Å²) in [7, 11) is 1.91. The molecule has 14 heavy (non-hydrogen) atoms. The third-order valence-electron chi connectivity index (χ3n) is 2.86. The topological polar surface area (TPSA) is 32.3 Å². The van der Waals surface area contributed by atoms with Crippen molar-refractivity contribution in [1.82, 2.24) is 10.2 Å². The molecular formula is C11H22N2O. The third kappa shape index (κ3) is 3.66. The van der Waals surface area contributed by atoms with Gasteiger partial charge in [0.25, 0.3) is 0 Å². The Balaban J connectivity index is 2.18. The fraction of sp³-hybridized carbons (Fsp3) is 0.909. The fourth-order valence-electron chi connectivity index (χ4n) is 1.82. The molecule has 0 aromatic rings. The summed E-state index contributed by atoms with van der Waals surface area (Å²) >= 11 is 0. The highest BCUT2D eigenvalue weighted by Gasteiger charge is 2.19. The molecule has 0 radical (unpaired) electrons. The maximum absolute atomic E-state index is 11.7. The van der Waals surface area contributed by atoms with Gasteiger partial charge in [-0.25, -0.2) is 0 Å². The van der Waals surface area contributed by atoms with Crippen molar-refractivity contribution in [2.75, 3.05) is 20.1 Å². The zero-order chi connectivity index (χ0) is 10.4. The minimum Gasteiger partial charge on any atom is -0.346 e. The van der Waals surface area contributed by atoms with E-state index in [0.717, 1.165) is 32.4 Å². The first-order valence-electron chi connectivity index (χ1n) is 5.71. The molecule has 0 aromatic carbocycles. The highest BCUT2D eigenvalue weighted by Crippen LogP contribution is 2.10. The molecule has 1 atom stereocenters. The van der Waals surface area contributed by atoms with Gasteiger partial charge in [0.1, 0.15) is 0 Å². The molecule has 0 aliphatic carbocycles. The molecule has 1 aliphatic heterocycles. The first-order valence-corrected chi connectivity index (χ1v) is 5.71. The smallest absolute Gasteiger partial charge is 0.223 e.